The van der Waals surface area contributed by atoms with Crippen LogP contribution in [0.1, 0.15) is 13.8 Å². The van der Waals surface area contributed by atoms with Crippen LogP contribution in [-0.2, 0) is 14.4 Å². The summed E-state index contributed by atoms with van der Waals surface area (Å²) in [5, 5.41) is 25.4. The molecule has 5 rings (SSSR count). The van der Waals surface area contributed by atoms with Gasteiger partial charge in [-0.3, -0.25) is 14.4 Å². The van der Waals surface area contributed by atoms with Gasteiger partial charge in [-0.2, -0.15) is 30.6 Å². The van der Waals surface area contributed by atoms with Crippen molar-refractivity contribution in [2.75, 3.05) is 10.3 Å². The fraction of sp³-hybridized carbons (Fsp3) is 0.125. The molecule has 0 saturated carbocycles. The summed E-state index contributed by atoms with van der Waals surface area (Å²) >= 11 is 13.0. The van der Waals surface area contributed by atoms with Crippen LogP contribution in [0, 0.1) is 0 Å². The molecule has 220 valence electrons. The standard InChI is InChI=1S/C32H25Cl2N7O3/c1-19-29(32(44)41(40-19)24-11-7-4-8-12-24)38-36-27-15-13-21(17-25(27)33)22-14-16-28(26(34)18-22)37-39-30(20(2)42)31(43)35-23-9-5-3-6-10-23/h3-18,29-30H,1-2H3,(H,35,43). The van der Waals surface area contributed by atoms with Gasteiger partial charge in [-0.25, -0.2) is 0 Å². The molecule has 0 radical (unpaired) electrons. The lowest BCUT2D eigenvalue weighted by atomic mass is 10.0. The molecule has 44 heavy (non-hydrogen) atoms. The number of benzene rings is 4. The van der Waals surface area contributed by atoms with Crippen molar-refractivity contribution in [1.82, 2.24) is 0 Å². The molecule has 10 nitrogen and oxygen atoms in total. The number of Topliss-reactive ketones (excluding diaryl/α,β-unsaturated/α-hetero) is 1. The van der Waals surface area contributed by atoms with Crippen molar-refractivity contribution >= 4 is 69.3 Å². The van der Waals surface area contributed by atoms with Crippen molar-refractivity contribution in [3.05, 3.63) is 107 Å². The van der Waals surface area contributed by atoms with E-state index in [4.69, 9.17) is 23.2 Å². The summed E-state index contributed by atoms with van der Waals surface area (Å²) in [5.74, 6) is -1.36. The Morgan fingerprint density at radius 3 is 1.98 bits per heavy atom. The molecule has 2 unspecified atom stereocenters. The molecule has 0 aromatic heterocycles. The van der Waals surface area contributed by atoms with Gasteiger partial charge in [-0.05, 0) is 73.5 Å². The highest BCUT2D eigenvalue weighted by molar-refractivity contribution is 6.34. The molecular weight excluding hydrogens is 601 g/mol. The second-order valence-corrected chi connectivity index (χ2v) is 10.6. The third-order valence-electron chi connectivity index (χ3n) is 6.56. The van der Waals surface area contributed by atoms with Crippen molar-refractivity contribution in [3.63, 3.8) is 0 Å². The Balaban J connectivity index is 1.28. The molecule has 1 aliphatic rings. The van der Waals surface area contributed by atoms with E-state index in [1.807, 2.05) is 24.3 Å². The number of nitrogens with zero attached hydrogens (tertiary/aromatic N) is 6. The lowest BCUT2D eigenvalue weighted by molar-refractivity contribution is -0.126. The highest BCUT2D eigenvalue weighted by atomic mass is 35.5. The van der Waals surface area contributed by atoms with Crippen LogP contribution < -0.4 is 10.3 Å². The van der Waals surface area contributed by atoms with E-state index < -0.39 is 23.8 Å². The second kappa shape index (κ2) is 13.5. The fourth-order valence-electron chi connectivity index (χ4n) is 4.27. The number of anilines is 2. The minimum atomic E-state index is -1.33. The number of hydrogen-bond donors (Lipinski definition) is 1. The predicted molar refractivity (Wildman–Crippen MR) is 171 cm³/mol. The van der Waals surface area contributed by atoms with E-state index >= 15 is 0 Å². The quantitative estimate of drug-likeness (QED) is 0.148. The molecule has 0 fully saturated rings. The number of carbonyl (C=O) groups is 3. The maximum Gasteiger partial charge on any atom is 0.280 e. The van der Waals surface area contributed by atoms with E-state index in [1.54, 1.807) is 79.7 Å². The zero-order valence-corrected chi connectivity index (χ0v) is 25.1. The minimum Gasteiger partial charge on any atom is -0.324 e. The molecule has 1 heterocycles. The van der Waals surface area contributed by atoms with Crippen molar-refractivity contribution < 1.29 is 14.4 Å². The van der Waals surface area contributed by atoms with E-state index in [-0.39, 0.29) is 16.6 Å². The van der Waals surface area contributed by atoms with Gasteiger partial charge in [0.15, 0.2) is 11.8 Å². The summed E-state index contributed by atoms with van der Waals surface area (Å²) in [6.45, 7) is 2.99. The molecule has 4 aromatic carbocycles. The second-order valence-electron chi connectivity index (χ2n) is 9.76. The topological polar surface area (TPSA) is 128 Å². The van der Waals surface area contributed by atoms with E-state index in [2.05, 4.69) is 30.9 Å². The van der Waals surface area contributed by atoms with Crippen LogP contribution in [-0.4, -0.2) is 35.4 Å². The molecule has 1 aliphatic heterocycles. The molecular formula is C32H25Cl2N7O3. The van der Waals surface area contributed by atoms with Gasteiger partial charge >= 0.3 is 0 Å². The number of amides is 2. The van der Waals surface area contributed by atoms with Crippen LogP contribution in [0.2, 0.25) is 10.0 Å². The summed E-state index contributed by atoms with van der Waals surface area (Å²) in [4.78, 5) is 37.6. The van der Waals surface area contributed by atoms with Crippen LogP contribution in [0.3, 0.4) is 0 Å². The van der Waals surface area contributed by atoms with Crippen molar-refractivity contribution in [2.45, 2.75) is 25.9 Å². The Morgan fingerprint density at radius 1 is 0.841 bits per heavy atom. The lowest BCUT2D eigenvalue weighted by Gasteiger charge is -2.12. The largest absolute Gasteiger partial charge is 0.324 e. The molecule has 0 bridgehead atoms. The van der Waals surface area contributed by atoms with Crippen LogP contribution in [0.25, 0.3) is 11.1 Å². The van der Waals surface area contributed by atoms with E-state index in [0.717, 1.165) is 11.1 Å². The average molecular weight is 627 g/mol. The molecule has 2 atom stereocenters. The Hall–Kier alpha value is -5.06. The number of nitrogens with one attached hydrogen (secondary N) is 1. The lowest BCUT2D eigenvalue weighted by Crippen LogP contribution is -2.31. The van der Waals surface area contributed by atoms with E-state index in [9.17, 15) is 14.4 Å². The maximum atomic E-state index is 12.9. The summed E-state index contributed by atoms with van der Waals surface area (Å²) in [7, 11) is 0. The zero-order chi connectivity index (χ0) is 31.2. The van der Waals surface area contributed by atoms with Crippen molar-refractivity contribution in [3.8, 4) is 11.1 Å². The van der Waals surface area contributed by atoms with Crippen molar-refractivity contribution in [2.24, 2.45) is 25.6 Å². The first kappa shape index (κ1) is 30.4. The Morgan fingerprint density at radius 2 is 1.41 bits per heavy atom. The van der Waals surface area contributed by atoms with Gasteiger partial charge in [-0.1, -0.05) is 71.7 Å². The summed E-state index contributed by atoms with van der Waals surface area (Å²) in [6, 6.07) is 25.9. The molecule has 0 aliphatic carbocycles. The number of carbonyl (C=O) groups excluding carboxylic acids is 3. The number of para-hydroxylation sites is 2. The third kappa shape index (κ3) is 6.94. The summed E-state index contributed by atoms with van der Waals surface area (Å²) < 4.78 is 0. The SMILES string of the molecule is CC(=O)C(N=Nc1ccc(-c2ccc(N=NC3C(=O)N(c4ccccc4)N=C3C)c(Cl)c2)cc1Cl)C(=O)Nc1ccccc1. The smallest absolute Gasteiger partial charge is 0.280 e. The van der Waals surface area contributed by atoms with Gasteiger partial charge in [-0.15, -0.1) is 0 Å². The van der Waals surface area contributed by atoms with Crippen LogP contribution in [0.5, 0.6) is 0 Å². The van der Waals surface area contributed by atoms with Gasteiger partial charge in [0.2, 0.25) is 6.04 Å². The first-order valence-electron chi connectivity index (χ1n) is 13.4. The number of ketones is 1. The fourth-order valence-corrected chi connectivity index (χ4v) is 4.71. The maximum absolute atomic E-state index is 12.9. The number of hydrogen-bond acceptors (Lipinski definition) is 8. The highest BCUT2D eigenvalue weighted by Gasteiger charge is 2.34. The Bertz CT molecular complexity index is 1750. The average Bonchev–Trinajstić information content (AvgIpc) is 3.30. The van der Waals surface area contributed by atoms with Crippen LogP contribution in [0.4, 0.5) is 22.7 Å². The van der Waals surface area contributed by atoms with Crippen LogP contribution in [0.15, 0.2) is 123 Å². The number of hydrazone groups is 1. The van der Waals surface area contributed by atoms with Gasteiger partial charge in [0.1, 0.15) is 11.4 Å². The monoisotopic (exact) mass is 625 g/mol. The first-order chi connectivity index (χ1) is 21.2. The van der Waals surface area contributed by atoms with Crippen LogP contribution >= 0.6 is 23.2 Å². The van der Waals surface area contributed by atoms with E-state index in [1.165, 1.54) is 11.9 Å². The van der Waals surface area contributed by atoms with Gasteiger partial charge in [0.05, 0.1) is 21.4 Å². The Labute approximate surface area is 263 Å². The molecule has 0 saturated heterocycles. The normalized spacial score (nSPS) is 15.5. The molecule has 0 spiro atoms. The highest BCUT2D eigenvalue weighted by Crippen LogP contribution is 2.35. The van der Waals surface area contributed by atoms with Gasteiger partial charge in [0.25, 0.3) is 11.8 Å². The Kier molecular flexibility index (Phi) is 9.32. The molecule has 1 N–H and O–H groups in total. The van der Waals surface area contributed by atoms with Crippen molar-refractivity contribution in [1.29, 1.82) is 0 Å². The summed E-state index contributed by atoms with van der Waals surface area (Å²) in [5.41, 5.74) is 3.86. The first-order valence-corrected chi connectivity index (χ1v) is 14.2. The number of azo groups is 2. The summed E-state index contributed by atoms with van der Waals surface area (Å²) in [6.07, 6.45) is 0. The van der Waals surface area contributed by atoms with Gasteiger partial charge in [0, 0.05) is 5.69 Å². The molecule has 4 aromatic rings. The van der Waals surface area contributed by atoms with E-state index in [0.29, 0.717) is 27.8 Å². The zero-order valence-electron chi connectivity index (χ0n) is 23.6. The predicted octanol–water partition coefficient (Wildman–Crippen LogP) is 8.22. The number of halogens is 2. The third-order valence-corrected chi connectivity index (χ3v) is 7.17. The minimum absolute atomic E-state index is 0.259. The number of rotatable bonds is 9. The molecule has 12 heteroatoms. The van der Waals surface area contributed by atoms with Gasteiger partial charge < -0.3 is 5.32 Å². The molecule has 2 amide bonds.